The maximum absolute atomic E-state index is 12.6. The zero-order chi connectivity index (χ0) is 17.0. The van der Waals surface area contributed by atoms with E-state index in [-0.39, 0.29) is 18.5 Å². The summed E-state index contributed by atoms with van der Waals surface area (Å²) < 4.78 is 23.4. The Morgan fingerprint density at radius 1 is 1.27 bits per heavy atom. The third kappa shape index (κ3) is 4.22. The van der Waals surface area contributed by atoms with Crippen LogP contribution in [0.3, 0.4) is 0 Å². The lowest BCUT2D eigenvalue weighted by Gasteiger charge is -2.38. The van der Waals surface area contributed by atoms with E-state index in [9.17, 15) is 13.2 Å². The molecule has 0 saturated carbocycles. The van der Waals surface area contributed by atoms with Crippen LogP contribution in [-0.4, -0.2) is 55.4 Å². The molecule has 0 radical (unpaired) electrons. The van der Waals surface area contributed by atoms with Gasteiger partial charge in [-0.2, -0.15) is 0 Å². The normalized spacial score (nSPS) is 21.1. The first-order valence-corrected chi connectivity index (χ1v) is 10.3. The summed E-state index contributed by atoms with van der Waals surface area (Å²) in [6.45, 7) is 9.10. The fraction of sp³-hybridized carbons (Fsp3) is 0.938. The summed E-state index contributed by atoms with van der Waals surface area (Å²) in [5.41, 5.74) is 0. The molecule has 0 bridgehead atoms. The zero-order valence-corrected chi connectivity index (χ0v) is 15.5. The average Bonchev–Trinajstić information content (AvgIpc) is 2.47. The fourth-order valence-electron chi connectivity index (χ4n) is 3.37. The molecule has 0 spiro atoms. The topological polar surface area (TPSA) is 66.5 Å². The number of hydrogen-bond acceptors (Lipinski definition) is 4. The second-order valence-corrected chi connectivity index (χ2v) is 9.13. The van der Waals surface area contributed by atoms with E-state index in [0.29, 0.717) is 18.9 Å². The van der Waals surface area contributed by atoms with Crippen LogP contribution < -0.4 is 5.32 Å². The molecule has 0 aromatic heterocycles. The van der Waals surface area contributed by atoms with Gasteiger partial charge in [-0.25, -0.2) is 8.42 Å². The molecular formula is C16H32N2O3S. The van der Waals surface area contributed by atoms with Gasteiger partial charge in [-0.3, -0.25) is 9.69 Å². The highest BCUT2D eigenvalue weighted by Gasteiger charge is 2.39. The monoisotopic (exact) mass is 332 g/mol. The lowest BCUT2D eigenvalue weighted by molar-refractivity contribution is -0.128. The molecule has 0 aliphatic carbocycles. The summed E-state index contributed by atoms with van der Waals surface area (Å²) >= 11 is 0. The van der Waals surface area contributed by atoms with Gasteiger partial charge >= 0.3 is 0 Å². The third-order valence-electron chi connectivity index (χ3n) is 5.17. The predicted octanol–water partition coefficient (Wildman–Crippen LogP) is 1.97. The molecule has 1 unspecified atom stereocenters. The summed E-state index contributed by atoms with van der Waals surface area (Å²) in [4.78, 5) is 14.8. The van der Waals surface area contributed by atoms with E-state index >= 15 is 0 Å². The number of nitrogens with one attached hydrogen (secondary N) is 1. The molecule has 1 amide bonds. The highest BCUT2D eigenvalue weighted by Crippen LogP contribution is 2.25. The first kappa shape index (κ1) is 19.4. The number of carbonyl (C=O) groups excluding carboxylic acids is 1. The van der Waals surface area contributed by atoms with Crippen LogP contribution in [0.25, 0.3) is 0 Å². The molecule has 1 fully saturated rings. The minimum atomic E-state index is -3.21. The number of nitrogens with zero attached hydrogens (tertiary/aromatic N) is 1. The molecule has 1 N–H and O–H groups in total. The van der Waals surface area contributed by atoms with Gasteiger partial charge in [-0.05, 0) is 46.1 Å². The van der Waals surface area contributed by atoms with Crippen LogP contribution in [0.15, 0.2) is 0 Å². The second-order valence-electron chi connectivity index (χ2n) is 6.72. The SMILES string of the molecule is CCC(CC)(CNC(=O)C1CCCCN1C(C)C)S(C)(=O)=O. The van der Waals surface area contributed by atoms with Crippen LogP contribution in [-0.2, 0) is 14.6 Å². The van der Waals surface area contributed by atoms with E-state index < -0.39 is 14.6 Å². The van der Waals surface area contributed by atoms with Crippen molar-refractivity contribution in [3.63, 3.8) is 0 Å². The summed E-state index contributed by atoms with van der Waals surface area (Å²) in [6, 6.07) is 0.202. The maximum Gasteiger partial charge on any atom is 0.237 e. The minimum Gasteiger partial charge on any atom is -0.353 e. The van der Waals surface area contributed by atoms with Gasteiger partial charge in [0.05, 0.1) is 10.8 Å². The van der Waals surface area contributed by atoms with E-state index in [1.807, 2.05) is 13.8 Å². The molecule has 0 aromatic carbocycles. The van der Waals surface area contributed by atoms with Crippen molar-refractivity contribution < 1.29 is 13.2 Å². The zero-order valence-electron chi connectivity index (χ0n) is 14.7. The van der Waals surface area contributed by atoms with E-state index in [4.69, 9.17) is 0 Å². The summed E-state index contributed by atoms with van der Waals surface area (Å²) in [6.07, 6.45) is 5.34. The minimum absolute atomic E-state index is 0.0247. The lowest BCUT2D eigenvalue weighted by Crippen LogP contribution is -2.55. The standard InChI is InChI=1S/C16H32N2O3S/c1-6-16(7-2,22(5,20)21)12-17-15(19)14-10-8-9-11-18(14)13(3)4/h13-14H,6-12H2,1-5H3,(H,17,19). The number of carbonyl (C=O) groups is 1. The molecule has 5 nitrogen and oxygen atoms in total. The van der Waals surface area contributed by atoms with Crippen LogP contribution in [0.1, 0.15) is 59.8 Å². The fourth-order valence-corrected chi connectivity index (χ4v) is 4.76. The number of rotatable bonds is 7. The number of likely N-dealkylation sites (tertiary alicyclic amines) is 1. The van der Waals surface area contributed by atoms with Crippen molar-refractivity contribution in [2.45, 2.75) is 76.6 Å². The van der Waals surface area contributed by atoms with Crippen molar-refractivity contribution in [3.05, 3.63) is 0 Å². The smallest absolute Gasteiger partial charge is 0.237 e. The Morgan fingerprint density at radius 2 is 1.86 bits per heavy atom. The Morgan fingerprint density at radius 3 is 2.32 bits per heavy atom. The van der Waals surface area contributed by atoms with Crippen molar-refractivity contribution in [2.75, 3.05) is 19.3 Å². The van der Waals surface area contributed by atoms with Crippen molar-refractivity contribution in [2.24, 2.45) is 0 Å². The Kier molecular flexibility index (Phi) is 6.86. The van der Waals surface area contributed by atoms with Crippen molar-refractivity contribution >= 4 is 15.7 Å². The van der Waals surface area contributed by atoms with Crippen LogP contribution in [0.5, 0.6) is 0 Å². The van der Waals surface area contributed by atoms with E-state index in [0.717, 1.165) is 25.8 Å². The molecule has 1 atom stereocenters. The van der Waals surface area contributed by atoms with Crippen molar-refractivity contribution in [3.8, 4) is 0 Å². The highest BCUT2D eigenvalue weighted by atomic mass is 32.2. The van der Waals surface area contributed by atoms with Crippen molar-refractivity contribution in [1.82, 2.24) is 10.2 Å². The Balaban J connectivity index is 2.79. The lowest BCUT2D eigenvalue weighted by atomic mass is 9.98. The molecule has 1 aliphatic heterocycles. The molecule has 1 rings (SSSR count). The first-order chi connectivity index (χ1) is 10.2. The van der Waals surface area contributed by atoms with Gasteiger partial charge in [-0.15, -0.1) is 0 Å². The molecule has 130 valence electrons. The van der Waals surface area contributed by atoms with Crippen LogP contribution in [0, 0.1) is 0 Å². The van der Waals surface area contributed by atoms with Gasteiger partial charge in [0.25, 0.3) is 0 Å². The summed E-state index contributed by atoms with van der Waals surface area (Å²) in [5.74, 6) is -0.0247. The van der Waals surface area contributed by atoms with E-state index in [2.05, 4.69) is 24.1 Å². The number of hydrogen-bond donors (Lipinski definition) is 1. The second kappa shape index (κ2) is 7.77. The Labute approximate surface area is 135 Å². The van der Waals surface area contributed by atoms with E-state index in [1.165, 1.54) is 6.26 Å². The van der Waals surface area contributed by atoms with Crippen LogP contribution in [0.4, 0.5) is 0 Å². The largest absolute Gasteiger partial charge is 0.353 e. The van der Waals surface area contributed by atoms with Gasteiger partial charge in [0.2, 0.25) is 5.91 Å². The predicted molar refractivity (Wildman–Crippen MR) is 90.6 cm³/mol. The van der Waals surface area contributed by atoms with Gasteiger partial charge < -0.3 is 5.32 Å². The van der Waals surface area contributed by atoms with Gasteiger partial charge in [0.15, 0.2) is 9.84 Å². The molecular weight excluding hydrogens is 300 g/mol. The van der Waals surface area contributed by atoms with E-state index in [1.54, 1.807) is 0 Å². The molecule has 1 aliphatic rings. The summed E-state index contributed by atoms with van der Waals surface area (Å²) in [5, 5.41) is 2.93. The number of sulfone groups is 1. The molecule has 1 saturated heterocycles. The molecule has 22 heavy (non-hydrogen) atoms. The third-order valence-corrected chi connectivity index (χ3v) is 7.46. The quantitative estimate of drug-likeness (QED) is 0.774. The highest BCUT2D eigenvalue weighted by molar-refractivity contribution is 7.92. The first-order valence-electron chi connectivity index (χ1n) is 8.41. The van der Waals surface area contributed by atoms with Crippen LogP contribution >= 0.6 is 0 Å². The number of amides is 1. The molecule has 6 heteroatoms. The van der Waals surface area contributed by atoms with Gasteiger partial charge in [0.1, 0.15) is 0 Å². The number of piperidine rings is 1. The van der Waals surface area contributed by atoms with Gasteiger partial charge in [0, 0.05) is 18.8 Å². The maximum atomic E-state index is 12.6. The van der Waals surface area contributed by atoms with Gasteiger partial charge in [-0.1, -0.05) is 20.3 Å². The molecule has 0 aromatic rings. The Hall–Kier alpha value is -0.620. The average molecular weight is 333 g/mol. The Bertz CT molecular complexity index is 470. The van der Waals surface area contributed by atoms with Crippen LogP contribution in [0.2, 0.25) is 0 Å². The summed E-state index contributed by atoms with van der Waals surface area (Å²) in [7, 11) is -3.21. The molecule has 1 heterocycles. The van der Waals surface area contributed by atoms with Crippen molar-refractivity contribution in [1.29, 1.82) is 0 Å².